The molecule has 0 aromatic rings. The summed E-state index contributed by atoms with van der Waals surface area (Å²) in [4.78, 5) is 0. The second kappa shape index (κ2) is 3.23. The van der Waals surface area contributed by atoms with Crippen molar-refractivity contribution in [1.82, 2.24) is 0 Å². The van der Waals surface area contributed by atoms with Crippen molar-refractivity contribution in [3.63, 3.8) is 0 Å². The van der Waals surface area contributed by atoms with Crippen LogP contribution in [0.1, 0.15) is 26.7 Å². The summed E-state index contributed by atoms with van der Waals surface area (Å²) in [6, 6.07) is 0. The average Bonchev–Trinajstić information content (AvgIpc) is 2.67. The highest BCUT2D eigenvalue weighted by Gasteiger charge is 2.50. The Labute approximate surface area is 79.0 Å². The molecule has 0 aromatic carbocycles. The minimum absolute atomic E-state index is 0.0383. The van der Waals surface area contributed by atoms with E-state index in [0.29, 0.717) is 12.5 Å². The summed E-state index contributed by atoms with van der Waals surface area (Å²) >= 11 is 0. The van der Waals surface area contributed by atoms with Crippen LogP contribution in [-0.2, 0) is 9.47 Å². The second-order valence-electron chi connectivity index (χ2n) is 4.33. The van der Waals surface area contributed by atoms with Gasteiger partial charge in [-0.15, -0.1) is 0 Å². The van der Waals surface area contributed by atoms with E-state index in [0.717, 1.165) is 12.8 Å². The number of aliphatic hydroxyl groups excluding tert-OH is 1. The zero-order valence-electron chi connectivity index (χ0n) is 8.32. The molecule has 0 radical (unpaired) electrons. The van der Waals surface area contributed by atoms with Crippen molar-refractivity contribution in [2.75, 3.05) is 13.2 Å². The summed E-state index contributed by atoms with van der Waals surface area (Å²) < 4.78 is 11.5. The summed E-state index contributed by atoms with van der Waals surface area (Å²) in [6.07, 6.45) is 2.33. The first-order valence-electron chi connectivity index (χ1n) is 5.08. The predicted octanol–water partition coefficient (Wildman–Crippen LogP) is 0.951. The highest BCUT2D eigenvalue weighted by molar-refractivity contribution is 4.98. The van der Waals surface area contributed by atoms with Crippen molar-refractivity contribution in [2.45, 2.75) is 44.5 Å². The Bertz CT molecular complexity index is 195. The van der Waals surface area contributed by atoms with E-state index in [4.69, 9.17) is 14.6 Å². The van der Waals surface area contributed by atoms with E-state index in [-0.39, 0.29) is 24.4 Å². The standard InChI is InChI=1S/C10H18O3/c1-7-8(2)12-6-10(7)4-3-9(5-11)13-10/h7-9,11H,3-6H2,1-2H3. The Balaban J connectivity index is 2.06. The van der Waals surface area contributed by atoms with Gasteiger partial charge in [-0.3, -0.25) is 0 Å². The molecule has 0 aliphatic carbocycles. The van der Waals surface area contributed by atoms with E-state index >= 15 is 0 Å². The molecule has 1 N–H and O–H groups in total. The third-order valence-electron chi connectivity index (χ3n) is 3.62. The van der Waals surface area contributed by atoms with Gasteiger partial charge in [0.25, 0.3) is 0 Å². The van der Waals surface area contributed by atoms with Crippen LogP contribution in [-0.4, -0.2) is 36.1 Å². The van der Waals surface area contributed by atoms with Crippen molar-refractivity contribution in [1.29, 1.82) is 0 Å². The molecule has 4 unspecified atom stereocenters. The topological polar surface area (TPSA) is 38.7 Å². The molecule has 4 atom stereocenters. The van der Waals surface area contributed by atoms with Crippen LogP contribution >= 0.6 is 0 Å². The molecule has 3 heteroatoms. The third kappa shape index (κ3) is 1.39. The molecule has 0 saturated carbocycles. The normalized spacial score (nSPS) is 50.5. The molecule has 0 amide bonds. The molecule has 2 aliphatic heterocycles. The van der Waals surface area contributed by atoms with Gasteiger partial charge < -0.3 is 14.6 Å². The first-order chi connectivity index (χ1) is 6.18. The van der Waals surface area contributed by atoms with E-state index in [2.05, 4.69) is 13.8 Å². The van der Waals surface area contributed by atoms with Crippen LogP contribution in [0.15, 0.2) is 0 Å². The smallest absolute Gasteiger partial charge is 0.0970 e. The molecule has 13 heavy (non-hydrogen) atoms. The van der Waals surface area contributed by atoms with E-state index in [9.17, 15) is 0 Å². The van der Waals surface area contributed by atoms with Gasteiger partial charge in [0.2, 0.25) is 0 Å². The van der Waals surface area contributed by atoms with Crippen molar-refractivity contribution >= 4 is 0 Å². The summed E-state index contributed by atoms with van der Waals surface area (Å²) in [7, 11) is 0. The lowest BCUT2D eigenvalue weighted by Crippen LogP contribution is -2.37. The Morgan fingerprint density at radius 2 is 2.23 bits per heavy atom. The summed E-state index contributed by atoms with van der Waals surface area (Å²) in [6.45, 7) is 5.11. The monoisotopic (exact) mass is 186 g/mol. The summed E-state index contributed by atoms with van der Waals surface area (Å²) in [5, 5.41) is 9.00. The van der Waals surface area contributed by atoms with Gasteiger partial charge in [0.1, 0.15) is 0 Å². The van der Waals surface area contributed by atoms with Crippen LogP contribution in [0.4, 0.5) is 0 Å². The van der Waals surface area contributed by atoms with Crippen molar-refractivity contribution in [2.24, 2.45) is 5.92 Å². The average molecular weight is 186 g/mol. The predicted molar refractivity (Wildman–Crippen MR) is 48.5 cm³/mol. The van der Waals surface area contributed by atoms with Crippen LogP contribution in [0, 0.1) is 5.92 Å². The van der Waals surface area contributed by atoms with Gasteiger partial charge in [0.15, 0.2) is 0 Å². The first kappa shape index (κ1) is 9.44. The quantitative estimate of drug-likeness (QED) is 0.662. The number of hydrogen-bond donors (Lipinski definition) is 1. The Morgan fingerprint density at radius 3 is 2.69 bits per heavy atom. The maximum atomic E-state index is 9.00. The lowest BCUT2D eigenvalue weighted by atomic mass is 9.86. The largest absolute Gasteiger partial charge is 0.394 e. The lowest BCUT2D eigenvalue weighted by Gasteiger charge is -2.27. The molecule has 2 fully saturated rings. The van der Waals surface area contributed by atoms with Crippen molar-refractivity contribution < 1.29 is 14.6 Å². The lowest BCUT2D eigenvalue weighted by molar-refractivity contribution is -0.0766. The van der Waals surface area contributed by atoms with Crippen molar-refractivity contribution in [3.8, 4) is 0 Å². The van der Waals surface area contributed by atoms with E-state index in [1.807, 2.05) is 0 Å². The Kier molecular flexibility index (Phi) is 2.34. The van der Waals surface area contributed by atoms with Crippen LogP contribution in [0.25, 0.3) is 0 Å². The van der Waals surface area contributed by atoms with Crippen LogP contribution < -0.4 is 0 Å². The fourth-order valence-corrected chi connectivity index (χ4v) is 2.40. The molecule has 0 bridgehead atoms. The van der Waals surface area contributed by atoms with E-state index < -0.39 is 0 Å². The van der Waals surface area contributed by atoms with Crippen LogP contribution in [0.2, 0.25) is 0 Å². The van der Waals surface area contributed by atoms with Crippen LogP contribution in [0.5, 0.6) is 0 Å². The number of ether oxygens (including phenoxy) is 2. The summed E-state index contributed by atoms with van der Waals surface area (Å²) in [5.74, 6) is 0.448. The molecule has 1 spiro atoms. The van der Waals surface area contributed by atoms with Gasteiger partial charge >= 0.3 is 0 Å². The van der Waals surface area contributed by atoms with Gasteiger partial charge in [0.05, 0.1) is 31.0 Å². The fraction of sp³-hybridized carbons (Fsp3) is 1.00. The molecular weight excluding hydrogens is 168 g/mol. The molecule has 2 rings (SSSR count). The van der Waals surface area contributed by atoms with E-state index in [1.54, 1.807) is 0 Å². The van der Waals surface area contributed by atoms with Crippen LogP contribution in [0.3, 0.4) is 0 Å². The van der Waals surface area contributed by atoms with Gasteiger partial charge in [-0.2, -0.15) is 0 Å². The third-order valence-corrected chi connectivity index (χ3v) is 3.62. The zero-order valence-corrected chi connectivity index (χ0v) is 8.32. The molecule has 76 valence electrons. The van der Waals surface area contributed by atoms with Gasteiger partial charge in [-0.05, 0) is 19.8 Å². The van der Waals surface area contributed by atoms with E-state index in [1.165, 1.54) is 0 Å². The van der Waals surface area contributed by atoms with Crippen molar-refractivity contribution in [3.05, 3.63) is 0 Å². The van der Waals surface area contributed by atoms with Gasteiger partial charge in [0, 0.05) is 5.92 Å². The maximum absolute atomic E-state index is 9.00. The second-order valence-corrected chi connectivity index (χ2v) is 4.33. The van der Waals surface area contributed by atoms with Gasteiger partial charge in [-0.1, -0.05) is 6.92 Å². The Morgan fingerprint density at radius 1 is 1.46 bits per heavy atom. The summed E-state index contributed by atoms with van der Waals surface area (Å²) in [5.41, 5.74) is -0.0905. The minimum Gasteiger partial charge on any atom is -0.394 e. The number of hydrogen-bond acceptors (Lipinski definition) is 3. The molecule has 3 nitrogen and oxygen atoms in total. The molecule has 2 saturated heterocycles. The maximum Gasteiger partial charge on any atom is 0.0970 e. The zero-order chi connectivity index (χ0) is 9.47. The highest BCUT2D eigenvalue weighted by atomic mass is 16.6. The molecular formula is C10H18O3. The first-order valence-corrected chi connectivity index (χ1v) is 5.08. The number of rotatable bonds is 1. The van der Waals surface area contributed by atoms with Gasteiger partial charge in [-0.25, -0.2) is 0 Å². The highest BCUT2D eigenvalue weighted by Crippen LogP contribution is 2.43. The molecule has 0 aromatic heterocycles. The Hall–Kier alpha value is -0.120. The molecule has 2 heterocycles. The fourth-order valence-electron chi connectivity index (χ4n) is 2.40. The number of aliphatic hydroxyl groups is 1. The molecule has 2 aliphatic rings. The minimum atomic E-state index is -0.0905. The SMILES string of the molecule is CC1OCC2(CCC(CO)O2)C1C.